The first-order valence-electron chi connectivity index (χ1n) is 4.99. The number of carbonyl (C=O) groups is 2. The minimum absolute atomic E-state index is 0.0716. The van der Waals surface area contributed by atoms with Gasteiger partial charge in [-0.1, -0.05) is 18.2 Å². The maximum atomic E-state index is 11.7. The molecule has 78 valence electrons. The van der Waals surface area contributed by atoms with Crippen LogP contribution in [0.3, 0.4) is 0 Å². The highest BCUT2D eigenvalue weighted by Gasteiger charge is 2.34. The second-order valence-electron chi connectivity index (χ2n) is 3.83. The van der Waals surface area contributed by atoms with Crippen molar-refractivity contribution in [1.82, 2.24) is 5.32 Å². The summed E-state index contributed by atoms with van der Waals surface area (Å²) in [5, 5.41) is 2.60. The highest BCUT2D eigenvalue weighted by atomic mass is 16.2. The molecule has 0 heterocycles. The van der Waals surface area contributed by atoms with Gasteiger partial charge in [-0.2, -0.15) is 0 Å². The van der Waals surface area contributed by atoms with Crippen LogP contribution in [0.4, 0.5) is 0 Å². The number of nitrogens with one attached hydrogen (secondary N) is 1. The van der Waals surface area contributed by atoms with E-state index in [0.717, 1.165) is 11.1 Å². The summed E-state index contributed by atoms with van der Waals surface area (Å²) < 4.78 is 0. The van der Waals surface area contributed by atoms with Crippen molar-refractivity contribution >= 4 is 11.7 Å². The SMILES string of the molecule is CNC(=O)C1CC(=O)c2cccc(C)c21. The lowest BCUT2D eigenvalue weighted by atomic mass is 9.96. The van der Waals surface area contributed by atoms with E-state index in [1.807, 2.05) is 19.1 Å². The van der Waals surface area contributed by atoms with Crippen LogP contribution in [0.5, 0.6) is 0 Å². The van der Waals surface area contributed by atoms with Gasteiger partial charge in [-0.25, -0.2) is 0 Å². The first kappa shape index (κ1) is 9.90. The molecule has 0 bridgehead atoms. The maximum absolute atomic E-state index is 11.7. The van der Waals surface area contributed by atoms with Gasteiger partial charge in [0, 0.05) is 19.0 Å². The summed E-state index contributed by atoms with van der Waals surface area (Å²) in [6.07, 6.45) is 0.305. The van der Waals surface area contributed by atoms with Gasteiger partial charge < -0.3 is 5.32 Å². The lowest BCUT2D eigenvalue weighted by Gasteiger charge is -2.11. The minimum atomic E-state index is -0.293. The molecule has 3 nitrogen and oxygen atoms in total. The fourth-order valence-electron chi connectivity index (χ4n) is 2.18. The summed E-state index contributed by atoms with van der Waals surface area (Å²) in [6, 6.07) is 5.60. The second-order valence-corrected chi connectivity index (χ2v) is 3.83. The van der Waals surface area contributed by atoms with Crippen LogP contribution in [0.15, 0.2) is 18.2 Å². The number of fused-ring (bicyclic) bond motifs is 1. The van der Waals surface area contributed by atoms with Gasteiger partial charge in [0.15, 0.2) is 5.78 Å². The van der Waals surface area contributed by atoms with Crippen LogP contribution in [0.1, 0.15) is 33.8 Å². The van der Waals surface area contributed by atoms with Gasteiger partial charge in [0.2, 0.25) is 5.91 Å². The molecule has 1 aliphatic carbocycles. The molecule has 0 fully saturated rings. The molecule has 15 heavy (non-hydrogen) atoms. The number of Topliss-reactive ketones (excluding diaryl/α,β-unsaturated/α-hetero) is 1. The molecule has 0 aromatic heterocycles. The number of aryl methyl sites for hydroxylation is 1. The molecule has 3 heteroatoms. The van der Waals surface area contributed by atoms with E-state index in [2.05, 4.69) is 5.32 Å². The van der Waals surface area contributed by atoms with Crippen LogP contribution in [0.2, 0.25) is 0 Å². The monoisotopic (exact) mass is 203 g/mol. The fourth-order valence-corrected chi connectivity index (χ4v) is 2.18. The predicted molar refractivity (Wildman–Crippen MR) is 56.9 cm³/mol. The Morgan fingerprint density at radius 2 is 2.20 bits per heavy atom. The van der Waals surface area contributed by atoms with Gasteiger partial charge in [-0.3, -0.25) is 9.59 Å². The summed E-state index contributed by atoms with van der Waals surface area (Å²) in [7, 11) is 1.60. The van der Waals surface area contributed by atoms with Crippen molar-refractivity contribution in [2.75, 3.05) is 7.05 Å². The lowest BCUT2D eigenvalue weighted by Crippen LogP contribution is -2.24. The summed E-state index contributed by atoms with van der Waals surface area (Å²) in [5.74, 6) is -0.294. The Bertz CT molecular complexity index is 437. The third-order valence-electron chi connectivity index (χ3n) is 2.93. The summed E-state index contributed by atoms with van der Waals surface area (Å²) in [5.41, 5.74) is 2.64. The van der Waals surface area contributed by atoms with Gasteiger partial charge in [0.25, 0.3) is 0 Å². The molecule has 1 amide bonds. The molecule has 1 N–H and O–H groups in total. The molecule has 0 radical (unpaired) electrons. The normalized spacial score (nSPS) is 18.8. The predicted octanol–water partition coefficient (Wildman–Crippen LogP) is 1.41. The van der Waals surface area contributed by atoms with Crippen LogP contribution in [0.25, 0.3) is 0 Å². The number of benzene rings is 1. The first-order valence-corrected chi connectivity index (χ1v) is 4.99. The largest absolute Gasteiger partial charge is 0.359 e. The molecule has 1 aromatic carbocycles. The van der Waals surface area contributed by atoms with E-state index >= 15 is 0 Å². The van der Waals surface area contributed by atoms with Crippen molar-refractivity contribution in [3.05, 3.63) is 34.9 Å². The Balaban J connectivity index is 2.53. The van der Waals surface area contributed by atoms with Crippen LogP contribution in [-0.2, 0) is 4.79 Å². The van der Waals surface area contributed by atoms with Crippen LogP contribution >= 0.6 is 0 Å². The zero-order chi connectivity index (χ0) is 11.0. The number of carbonyl (C=O) groups excluding carboxylic acids is 2. The summed E-state index contributed by atoms with van der Waals surface area (Å²) in [6.45, 7) is 1.94. The fraction of sp³-hybridized carbons (Fsp3) is 0.333. The van der Waals surface area contributed by atoms with Crippen molar-refractivity contribution in [2.24, 2.45) is 0 Å². The zero-order valence-electron chi connectivity index (χ0n) is 8.83. The van der Waals surface area contributed by atoms with Gasteiger partial charge in [0.05, 0.1) is 5.92 Å². The Hall–Kier alpha value is -1.64. The van der Waals surface area contributed by atoms with E-state index in [-0.39, 0.29) is 17.6 Å². The quantitative estimate of drug-likeness (QED) is 0.750. The molecule has 2 rings (SSSR count). The molecular weight excluding hydrogens is 190 g/mol. The van der Waals surface area contributed by atoms with Crippen molar-refractivity contribution in [3.63, 3.8) is 0 Å². The molecule has 1 unspecified atom stereocenters. The maximum Gasteiger partial charge on any atom is 0.227 e. The average molecular weight is 203 g/mol. The third kappa shape index (κ3) is 1.44. The number of amides is 1. The molecular formula is C12H13NO2. The first-order chi connectivity index (χ1) is 7.15. The highest BCUT2D eigenvalue weighted by molar-refractivity contribution is 6.07. The van der Waals surface area contributed by atoms with E-state index in [4.69, 9.17) is 0 Å². The van der Waals surface area contributed by atoms with Crippen molar-refractivity contribution in [2.45, 2.75) is 19.3 Å². The Morgan fingerprint density at radius 3 is 2.87 bits per heavy atom. The number of rotatable bonds is 1. The smallest absolute Gasteiger partial charge is 0.227 e. The topological polar surface area (TPSA) is 46.2 Å². The van der Waals surface area contributed by atoms with Gasteiger partial charge in [-0.15, -0.1) is 0 Å². The number of hydrogen-bond donors (Lipinski definition) is 1. The minimum Gasteiger partial charge on any atom is -0.359 e. The summed E-state index contributed by atoms with van der Waals surface area (Å²) in [4.78, 5) is 23.3. The Labute approximate surface area is 88.5 Å². The van der Waals surface area contributed by atoms with Crippen molar-refractivity contribution in [1.29, 1.82) is 0 Å². The lowest BCUT2D eigenvalue weighted by molar-refractivity contribution is -0.121. The second kappa shape index (κ2) is 3.50. The molecule has 0 saturated carbocycles. The number of hydrogen-bond acceptors (Lipinski definition) is 2. The van der Waals surface area contributed by atoms with E-state index in [1.54, 1.807) is 13.1 Å². The highest BCUT2D eigenvalue weighted by Crippen LogP contribution is 2.35. The van der Waals surface area contributed by atoms with Crippen molar-refractivity contribution in [3.8, 4) is 0 Å². The Morgan fingerprint density at radius 1 is 1.47 bits per heavy atom. The molecule has 1 atom stereocenters. The van der Waals surface area contributed by atoms with Crippen LogP contribution in [-0.4, -0.2) is 18.7 Å². The van der Waals surface area contributed by atoms with Gasteiger partial charge in [-0.05, 0) is 18.1 Å². The third-order valence-corrected chi connectivity index (χ3v) is 2.93. The van der Waals surface area contributed by atoms with Gasteiger partial charge >= 0.3 is 0 Å². The average Bonchev–Trinajstić information content (AvgIpc) is 2.57. The molecule has 0 aliphatic heterocycles. The molecule has 0 spiro atoms. The zero-order valence-corrected chi connectivity index (χ0v) is 8.83. The van der Waals surface area contributed by atoms with Crippen molar-refractivity contribution < 1.29 is 9.59 Å². The van der Waals surface area contributed by atoms with Gasteiger partial charge in [0.1, 0.15) is 0 Å². The van der Waals surface area contributed by atoms with E-state index in [9.17, 15) is 9.59 Å². The summed E-state index contributed by atoms with van der Waals surface area (Å²) >= 11 is 0. The van der Waals surface area contributed by atoms with E-state index < -0.39 is 0 Å². The molecule has 1 aliphatic rings. The standard InChI is InChI=1S/C12H13NO2/c1-7-4-3-5-8-10(14)6-9(11(7)8)12(15)13-2/h3-5,9H,6H2,1-2H3,(H,13,15). The van der Waals surface area contributed by atoms with Crippen LogP contribution in [0, 0.1) is 6.92 Å². The molecule has 0 saturated heterocycles. The van der Waals surface area contributed by atoms with Crippen LogP contribution < -0.4 is 5.32 Å². The molecule has 1 aromatic rings. The number of likely N-dealkylation sites (N-methyl/N-ethyl adjacent to an activating group) is 1. The van der Waals surface area contributed by atoms with E-state index in [0.29, 0.717) is 12.0 Å². The van der Waals surface area contributed by atoms with E-state index in [1.165, 1.54) is 0 Å². The Kier molecular flexibility index (Phi) is 2.31. The number of ketones is 1.